The van der Waals surface area contributed by atoms with Crippen LogP contribution in [0.15, 0.2) is 132 Å². The van der Waals surface area contributed by atoms with E-state index in [9.17, 15) is 49.9 Å². The van der Waals surface area contributed by atoms with Crippen LogP contribution in [0.3, 0.4) is 0 Å². The van der Waals surface area contributed by atoms with E-state index in [0.717, 1.165) is 0 Å². The number of nitrogens with zero attached hydrogens (tertiary/aromatic N) is 4. The lowest BCUT2D eigenvalue weighted by molar-refractivity contribution is 0.101. The highest BCUT2D eigenvalue weighted by molar-refractivity contribution is 7.86. The first-order chi connectivity index (χ1) is 32.1. The second kappa shape index (κ2) is 17.7. The van der Waals surface area contributed by atoms with Crippen molar-refractivity contribution in [2.24, 2.45) is 28.2 Å². The molecule has 68 heavy (non-hydrogen) atoms. The first-order valence-corrected chi connectivity index (χ1v) is 23.0. The summed E-state index contributed by atoms with van der Waals surface area (Å²) in [6.07, 6.45) is 6.00. The van der Waals surface area contributed by atoms with Crippen molar-refractivity contribution < 1.29 is 49.9 Å². The molecule has 0 spiro atoms. The van der Waals surface area contributed by atoms with Gasteiger partial charge in [0.05, 0.1) is 22.3 Å². The van der Waals surface area contributed by atoms with Crippen molar-refractivity contribution in [3.05, 3.63) is 144 Å². The van der Waals surface area contributed by atoms with Crippen molar-refractivity contribution in [2.75, 3.05) is 31.9 Å². The Bertz CT molecular complexity index is 3410. The zero-order valence-corrected chi connectivity index (χ0v) is 37.9. The Labute approximate surface area is 386 Å². The number of fused-ring (bicyclic) bond motifs is 2. The van der Waals surface area contributed by atoms with Gasteiger partial charge in [0.15, 0.2) is 0 Å². The first kappa shape index (κ1) is 46.0. The van der Waals surface area contributed by atoms with Gasteiger partial charge in [-0.05, 0) is 71.4 Å². The number of benzene rings is 4. The van der Waals surface area contributed by atoms with E-state index >= 15 is 0 Å². The van der Waals surface area contributed by atoms with Crippen molar-refractivity contribution in [1.29, 1.82) is 0 Å². The van der Waals surface area contributed by atoms with Crippen LogP contribution in [0.1, 0.15) is 41.4 Å². The minimum atomic E-state index is -4.46. The standard InChI is InChI=1S/C45H40N10O11S2/c1-52-21-27(41(56)46-31-11-13-33-25(15-31)7-5-9-35(33)67(61,62)63)17-37(52)48-43(58)29-19-39(54(3)23-29)50-45(60)51-40-20-30(24-55(40)4)44(59)49-38-18-28(22-53(38)2)42(57)47-32-12-14-34-26(16-32)8-6-10-36(34)68(64,65)66/h5-24H,1-4H3,(H,46,56)(H,47,57)(H,48,58)(H,49,59)(H2,50,51,60)(H,61,62,63)(H,64,65,66). The van der Waals surface area contributed by atoms with Crippen LogP contribution in [-0.2, 0) is 48.4 Å². The molecule has 23 heteroatoms. The number of amides is 6. The predicted octanol–water partition coefficient (Wildman–Crippen LogP) is 6.49. The molecule has 21 nitrogen and oxygen atoms in total. The van der Waals surface area contributed by atoms with E-state index in [2.05, 4.69) is 31.9 Å². The molecule has 0 aliphatic carbocycles. The molecular formula is C45H40N10O11S2. The summed E-state index contributed by atoms with van der Waals surface area (Å²) in [5.41, 5.74) is 1.51. The van der Waals surface area contributed by atoms with Crippen molar-refractivity contribution in [2.45, 2.75) is 9.79 Å². The van der Waals surface area contributed by atoms with E-state index in [1.807, 2.05) is 0 Å². The van der Waals surface area contributed by atoms with E-state index in [1.54, 1.807) is 52.5 Å². The van der Waals surface area contributed by atoms with Crippen LogP contribution in [0.4, 0.5) is 39.4 Å². The van der Waals surface area contributed by atoms with Gasteiger partial charge in [-0.3, -0.25) is 38.9 Å². The second-order valence-corrected chi connectivity index (χ2v) is 18.4. The Morgan fingerprint density at radius 3 is 1.04 bits per heavy atom. The second-order valence-electron chi connectivity index (χ2n) is 15.6. The van der Waals surface area contributed by atoms with Crippen LogP contribution in [0.2, 0.25) is 0 Å². The van der Waals surface area contributed by atoms with Crippen LogP contribution >= 0.6 is 0 Å². The fourth-order valence-electron chi connectivity index (χ4n) is 7.41. The zero-order chi connectivity index (χ0) is 48.8. The highest BCUT2D eigenvalue weighted by Gasteiger charge is 2.21. The highest BCUT2D eigenvalue weighted by atomic mass is 32.2. The molecule has 0 radical (unpaired) electrons. The third kappa shape index (κ3) is 9.70. The van der Waals surface area contributed by atoms with Crippen molar-refractivity contribution in [1.82, 2.24) is 18.3 Å². The molecule has 8 N–H and O–H groups in total. The molecule has 0 aliphatic rings. The Morgan fingerprint density at radius 1 is 0.412 bits per heavy atom. The summed E-state index contributed by atoms with van der Waals surface area (Å²) in [5.74, 6) is -1.03. The monoisotopic (exact) mass is 960 g/mol. The van der Waals surface area contributed by atoms with Gasteiger partial charge in [0.2, 0.25) is 0 Å². The molecule has 348 valence electrons. The number of rotatable bonds is 12. The summed E-state index contributed by atoms with van der Waals surface area (Å²) >= 11 is 0. The van der Waals surface area contributed by atoms with Crippen molar-refractivity contribution >= 4 is 106 Å². The fourth-order valence-corrected chi connectivity index (χ4v) is 8.84. The number of anilines is 6. The molecule has 0 unspecified atom stereocenters. The Hall–Kier alpha value is -8.51. The number of nitrogens with one attached hydrogen (secondary N) is 6. The van der Waals surface area contributed by atoms with E-state index in [0.29, 0.717) is 22.1 Å². The average Bonchev–Trinajstić information content (AvgIpc) is 4.04. The van der Waals surface area contributed by atoms with Gasteiger partial charge >= 0.3 is 6.03 Å². The minimum absolute atomic E-state index is 0.181. The molecule has 8 rings (SSSR count). The molecule has 4 heterocycles. The number of hydrogen-bond acceptors (Lipinski definition) is 9. The van der Waals surface area contributed by atoms with Gasteiger partial charge in [0.1, 0.15) is 33.1 Å². The summed E-state index contributed by atoms with van der Waals surface area (Å²) in [6.45, 7) is 0. The van der Waals surface area contributed by atoms with E-state index < -0.39 is 49.9 Å². The lowest BCUT2D eigenvalue weighted by Crippen LogP contribution is -2.22. The average molecular weight is 961 g/mol. The summed E-state index contributed by atoms with van der Waals surface area (Å²) in [6, 6.07) is 23.0. The summed E-state index contributed by atoms with van der Waals surface area (Å²) in [7, 11) is -2.43. The Balaban J connectivity index is 0.855. The third-order valence-corrected chi connectivity index (χ3v) is 12.6. The maximum Gasteiger partial charge on any atom is 0.325 e. The van der Waals surface area contributed by atoms with Gasteiger partial charge in [-0.1, -0.05) is 36.4 Å². The highest BCUT2D eigenvalue weighted by Crippen LogP contribution is 2.29. The number of aromatic nitrogens is 4. The van der Waals surface area contributed by atoms with Crippen LogP contribution < -0.4 is 31.9 Å². The topological polar surface area (TPSA) is 286 Å². The predicted molar refractivity (Wildman–Crippen MR) is 254 cm³/mol. The molecule has 0 saturated heterocycles. The van der Waals surface area contributed by atoms with E-state index in [-0.39, 0.29) is 66.1 Å². The maximum atomic E-state index is 13.3. The molecule has 0 aliphatic heterocycles. The number of urea groups is 1. The van der Waals surface area contributed by atoms with Crippen LogP contribution in [0, 0.1) is 0 Å². The zero-order valence-electron chi connectivity index (χ0n) is 36.2. The Kier molecular flexibility index (Phi) is 12.0. The Morgan fingerprint density at radius 2 is 0.721 bits per heavy atom. The normalized spacial score (nSPS) is 11.6. The molecule has 0 fully saturated rings. The number of carbonyl (C=O) groups excluding carboxylic acids is 5. The van der Waals surface area contributed by atoms with Crippen LogP contribution in [0.25, 0.3) is 21.5 Å². The largest absolute Gasteiger partial charge is 0.337 e. The lowest BCUT2D eigenvalue weighted by atomic mass is 10.1. The summed E-state index contributed by atoms with van der Waals surface area (Å²) in [4.78, 5) is 65.6. The maximum absolute atomic E-state index is 13.3. The molecular weight excluding hydrogens is 921 g/mol. The van der Waals surface area contributed by atoms with E-state index in [4.69, 9.17) is 0 Å². The smallest absolute Gasteiger partial charge is 0.325 e. The molecule has 0 atom stereocenters. The minimum Gasteiger partial charge on any atom is -0.337 e. The molecule has 0 saturated carbocycles. The first-order valence-electron chi connectivity index (χ1n) is 20.1. The SMILES string of the molecule is Cn1cc(C(=O)Nc2cc(C(=O)Nc3ccc4c(S(=O)(=O)O)cccc4c3)cn2C)cc1NC(=O)Nc1cc(C(=O)Nc2cc(C(=O)Nc3ccc4c(S(=O)(=O)O)cccc4c3)cn2C)cn1C. The van der Waals surface area contributed by atoms with Crippen molar-refractivity contribution in [3.8, 4) is 0 Å². The molecule has 6 amide bonds. The van der Waals surface area contributed by atoms with Gasteiger partial charge in [-0.15, -0.1) is 0 Å². The number of aryl methyl sites for hydroxylation is 4. The fraction of sp³-hybridized carbons (Fsp3) is 0.0889. The third-order valence-electron chi connectivity index (χ3n) is 10.8. The van der Waals surface area contributed by atoms with Crippen LogP contribution in [-0.4, -0.2) is 73.9 Å². The summed E-state index contributed by atoms with van der Waals surface area (Å²) in [5, 5.41) is 17.8. The van der Waals surface area contributed by atoms with Crippen molar-refractivity contribution in [3.63, 3.8) is 0 Å². The van der Waals surface area contributed by atoms with E-state index in [1.165, 1.54) is 116 Å². The van der Waals surface area contributed by atoms with Gasteiger partial charge in [-0.2, -0.15) is 16.8 Å². The quantitative estimate of drug-likeness (QED) is 0.0612. The number of carbonyl (C=O) groups is 5. The molecule has 8 aromatic rings. The summed E-state index contributed by atoms with van der Waals surface area (Å²) < 4.78 is 72.3. The molecule has 4 aromatic heterocycles. The van der Waals surface area contributed by atoms with Gasteiger partial charge in [-0.25, -0.2) is 4.79 Å². The number of hydrogen-bond donors (Lipinski definition) is 8. The van der Waals surface area contributed by atoms with Gasteiger partial charge < -0.3 is 39.5 Å². The van der Waals surface area contributed by atoms with Gasteiger partial charge in [0.25, 0.3) is 43.9 Å². The van der Waals surface area contributed by atoms with Gasteiger partial charge in [0, 0.05) is 75.1 Å². The van der Waals surface area contributed by atoms with Crippen LogP contribution in [0.5, 0.6) is 0 Å². The molecule has 0 bridgehead atoms. The molecule has 4 aromatic carbocycles. The lowest BCUT2D eigenvalue weighted by Gasteiger charge is -2.08.